The fourth-order valence-electron chi connectivity index (χ4n) is 2.87. The van der Waals surface area contributed by atoms with Crippen molar-refractivity contribution in [1.82, 2.24) is 19.9 Å². The first kappa shape index (κ1) is 14.5. The van der Waals surface area contributed by atoms with E-state index < -0.39 is 0 Å². The van der Waals surface area contributed by atoms with E-state index in [1.165, 1.54) is 0 Å². The van der Waals surface area contributed by atoms with E-state index in [0.717, 1.165) is 29.2 Å². The van der Waals surface area contributed by atoms with Crippen LogP contribution in [0.25, 0.3) is 5.65 Å². The highest BCUT2D eigenvalue weighted by atomic mass is 16.5. The van der Waals surface area contributed by atoms with Gasteiger partial charge in [-0.25, -0.2) is 4.99 Å². The first-order valence-corrected chi connectivity index (χ1v) is 7.88. The number of ether oxygens (including phenoxy) is 1. The zero-order chi connectivity index (χ0) is 16.4. The number of pyridine rings is 1. The molecule has 0 saturated heterocycles. The quantitative estimate of drug-likeness (QED) is 0.565. The van der Waals surface area contributed by atoms with Gasteiger partial charge in [-0.3, -0.25) is 4.40 Å². The second-order valence-electron chi connectivity index (χ2n) is 5.62. The Morgan fingerprint density at radius 1 is 1.25 bits per heavy atom. The average molecular weight is 322 g/mol. The molecule has 24 heavy (non-hydrogen) atoms. The number of nitrogens with one attached hydrogen (secondary N) is 1. The lowest BCUT2D eigenvalue weighted by molar-refractivity contribution is 0.262. The predicted molar refractivity (Wildman–Crippen MR) is 90.7 cm³/mol. The Bertz CT molecular complexity index is 887. The lowest BCUT2D eigenvalue weighted by Gasteiger charge is -2.26. The zero-order valence-corrected chi connectivity index (χ0v) is 13.1. The fraction of sp³-hybridized carbons (Fsp3) is 0.235. The van der Waals surface area contributed by atoms with Crippen LogP contribution >= 0.6 is 0 Å². The number of benzene rings is 1. The normalized spacial score (nSPS) is 17.3. The standard InChI is InChI=1S/C17H18N6O/c18-17(19-11-16-22-21-15-7-3-4-9-23(15)16)20-13-8-10-24-14-6-2-1-5-12(13)14/h1-7,9,13H,8,10-11H2,(H3,18,19,20). The predicted octanol–water partition coefficient (Wildman–Crippen LogP) is 1.66. The van der Waals surface area contributed by atoms with Crippen molar-refractivity contribution in [1.29, 1.82) is 0 Å². The highest BCUT2D eigenvalue weighted by Gasteiger charge is 2.21. The van der Waals surface area contributed by atoms with E-state index in [0.29, 0.717) is 19.1 Å². The highest BCUT2D eigenvalue weighted by molar-refractivity contribution is 5.78. The van der Waals surface area contributed by atoms with E-state index in [1.54, 1.807) is 0 Å². The topological polar surface area (TPSA) is 89.8 Å². The third-order valence-corrected chi connectivity index (χ3v) is 4.06. The summed E-state index contributed by atoms with van der Waals surface area (Å²) in [5.74, 6) is 2.05. The van der Waals surface area contributed by atoms with Gasteiger partial charge in [0.05, 0.1) is 12.6 Å². The number of guanidine groups is 1. The average Bonchev–Trinajstić information content (AvgIpc) is 3.04. The first-order valence-electron chi connectivity index (χ1n) is 7.88. The maximum atomic E-state index is 6.06. The van der Waals surface area contributed by atoms with Crippen LogP contribution in [0, 0.1) is 0 Å². The highest BCUT2D eigenvalue weighted by Crippen LogP contribution is 2.31. The molecule has 4 rings (SSSR count). The van der Waals surface area contributed by atoms with Gasteiger partial charge in [-0.05, 0) is 18.2 Å². The number of aliphatic imine (C=N–C) groups is 1. The first-order chi connectivity index (χ1) is 11.8. The summed E-state index contributed by atoms with van der Waals surface area (Å²) >= 11 is 0. The lowest BCUT2D eigenvalue weighted by Crippen LogP contribution is -2.37. The van der Waals surface area contributed by atoms with Crippen LogP contribution in [0.4, 0.5) is 0 Å². The van der Waals surface area contributed by atoms with Gasteiger partial charge in [-0.2, -0.15) is 0 Å². The van der Waals surface area contributed by atoms with Gasteiger partial charge in [-0.15, -0.1) is 10.2 Å². The summed E-state index contributed by atoms with van der Waals surface area (Å²) in [6, 6.07) is 13.9. The second-order valence-corrected chi connectivity index (χ2v) is 5.62. The molecular formula is C17H18N6O. The molecule has 0 bridgehead atoms. The summed E-state index contributed by atoms with van der Waals surface area (Å²) in [6.07, 6.45) is 2.76. The number of hydrogen-bond donors (Lipinski definition) is 2. The van der Waals surface area contributed by atoms with E-state index in [9.17, 15) is 0 Å². The summed E-state index contributed by atoms with van der Waals surface area (Å²) in [5, 5.41) is 11.5. The van der Waals surface area contributed by atoms with Crippen LogP contribution in [0.15, 0.2) is 53.7 Å². The van der Waals surface area contributed by atoms with Gasteiger partial charge in [0.25, 0.3) is 0 Å². The fourth-order valence-corrected chi connectivity index (χ4v) is 2.87. The number of nitrogens with two attached hydrogens (primary N) is 1. The third kappa shape index (κ3) is 2.76. The van der Waals surface area contributed by atoms with E-state index in [2.05, 4.69) is 20.5 Å². The smallest absolute Gasteiger partial charge is 0.189 e. The number of para-hydroxylation sites is 1. The Kier molecular flexibility index (Phi) is 3.74. The molecule has 1 aliphatic rings. The Labute approximate surface area is 139 Å². The Hall–Kier alpha value is -3.09. The summed E-state index contributed by atoms with van der Waals surface area (Å²) in [6.45, 7) is 1.03. The molecule has 0 radical (unpaired) electrons. The van der Waals surface area contributed by atoms with E-state index >= 15 is 0 Å². The molecular weight excluding hydrogens is 304 g/mol. The molecule has 122 valence electrons. The molecule has 3 heterocycles. The van der Waals surface area contributed by atoms with E-state index in [1.807, 2.05) is 53.1 Å². The molecule has 0 saturated carbocycles. The Balaban J connectivity index is 1.49. The van der Waals surface area contributed by atoms with Crippen LogP contribution in [-0.2, 0) is 6.54 Å². The van der Waals surface area contributed by atoms with Gasteiger partial charge in [0.2, 0.25) is 0 Å². The second kappa shape index (κ2) is 6.19. The van der Waals surface area contributed by atoms with Gasteiger partial charge in [0.15, 0.2) is 17.4 Å². The van der Waals surface area contributed by atoms with Crippen LogP contribution in [0.5, 0.6) is 5.75 Å². The largest absolute Gasteiger partial charge is 0.493 e. The van der Waals surface area contributed by atoms with Gasteiger partial charge >= 0.3 is 0 Å². The van der Waals surface area contributed by atoms with Crippen molar-refractivity contribution in [2.24, 2.45) is 10.7 Å². The molecule has 2 aromatic heterocycles. The molecule has 3 N–H and O–H groups in total. The lowest BCUT2D eigenvalue weighted by atomic mass is 10.0. The molecule has 3 aromatic rings. The van der Waals surface area contributed by atoms with Gasteiger partial charge in [-0.1, -0.05) is 24.3 Å². The van der Waals surface area contributed by atoms with Crippen molar-refractivity contribution >= 4 is 11.6 Å². The van der Waals surface area contributed by atoms with Gasteiger partial charge in [0, 0.05) is 18.2 Å². The minimum Gasteiger partial charge on any atom is -0.493 e. The van der Waals surface area contributed by atoms with Crippen LogP contribution in [-0.4, -0.2) is 27.2 Å². The van der Waals surface area contributed by atoms with Crippen LogP contribution in [0.3, 0.4) is 0 Å². The minimum atomic E-state index is 0.105. The number of rotatable bonds is 3. The molecule has 1 atom stereocenters. The van der Waals surface area contributed by atoms with Crippen LogP contribution in [0.2, 0.25) is 0 Å². The number of fused-ring (bicyclic) bond motifs is 2. The minimum absolute atomic E-state index is 0.105. The molecule has 1 unspecified atom stereocenters. The molecule has 1 aromatic carbocycles. The number of nitrogens with zero attached hydrogens (tertiary/aromatic N) is 4. The van der Waals surface area contributed by atoms with Crippen molar-refractivity contribution in [3.05, 3.63) is 60.0 Å². The molecule has 0 amide bonds. The molecule has 7 nitrogen and oxygen atoms in total. The Morgan fingerprint density at radius 3 is 3.08 bits per heavy atom. The third-order valence-electron chi connectivity index (χ3n) is 4.06. The summed E-state index contributed by atoms with van der Waals surface area (Å²) < 4.78 is 7.56. The summed E-state index contributed by atoms with van der Waals surface area (Å²) in [5.41, 5.74) is 7.97. The van der Waals surface area contributed by atoms with Crippen molar-refractivity contribution in [2.45, 2.75) is 19.0 Å². The molecule has 0 fully saturated rings. The van der Waals surface area contributed by atoms with Crippen molar-refractivity contribution < 1.29 is 4.74 Å². The number of hydrogen-bond acceptors (Lipinski definition) is 4. The summed E-state index contributed by atoms with van der Waals surface area (Å²) in [4.78, 5) is 4.40. The van der Waals surface area contributed by atoms with Crippen molar-refractivity contribution in [3.63, 3.8) is 0 Å². The van der Waals surface area contributed by atoms with Gasteiger partial charge < -0.3 is 15.8 Å². The van der Waals surface area contributed by atoms with E-state index in [4.69, 9.17) is 10.5 Å². The Morgan fingerprint density at radius 2 is 2.12 bits per heavy atom. The molecule has 7 heteroatoms. The molecule has 1 aliphatic heterocycles. The van der Waals surface area contributed by atoms with E-state index in [-0.39, 0.29) is 6.04 Å². The maximum absolute atomic E-state index is 6.06. The molecule has 0 aliphatic carbocycles. The van der Waals surface area contributed by atoms with Crippen molar-refractivity contribution in [2.75, 3.05) is 6.61 Å². The molecule has 0 spiro atoms. The number of aromatic nitrogens is 3. The maximum Gasteiger partial charge on any atom is 0.189 e. The summed E-state index contributed by atoms with van der Waals surface area (Å²) in [7, 11) is 0. The van der Waals surface area contributed by atoms with Crippen LogP contribution in [0.1, 0.15) is 23.9 Å². The monoisotopic (exact) mass is 322 g/mol. The zero-order valence-electron chi connectivity index (χ0n) is 13.1. The van der Waals surface area contributed by atoms with Crippen LogP contribution < -0.4 is 15.8 Å². The van der Waals surface area contributed by atoms with Crippen molar-refractivity contribution in [3.8, 4) is 5.75 Å². The van der Waals surface area contributed by atoms with Gasteiger partial charge in [0.1, 0.15) is 12.3 Å². The SMILES string of the molecule is NC(=NCc1nnc2ccccn12)NC1CCOc2ccccc21.